The van der Waals surface area contributed by atoms with E-state index in [0.29, 0.717) is 24.7 Å². The summed E-state index contributed by atoms with van der Waals surface area (Å²) in [4.78, 5) is 17.1. The maximum atomic E-state index is 11.3. The number of benzene rings is 1. The van der Waals surface area contributed by atoms with Crippen LogP contribution in [0.4, 0.5) is 0 Å². The zero-order chi connectivity index (χ0) is 12.5. The van der Waals surface area contributed by atoms with Crippen molar-refractivity contribution in [3.8, 4) is 0 Å². The molecule has 1 saturated heterocycles. The Morgan fingerprint density at radius 1 is 1.22 bits per heavy atom. The monoisotopic (exact) mass is 242 g/mol. The van der Waals surface area contributed by atoms with E-state index in [0.717, 1.165) is 13.1 Å². The van der Waals surface area contributed by atoms with Crippen LogP contribution in [0.3, 0.4) is 0 Å². The lowest BCUT2D eigenvalue weighted by atomic mass is 10.1. The molecule has 2 heterocycles. The molecule has 3 nitrogen and oxygen atoms in total. The zero-order valence-corrected chi connectivity index (χ0v) is 10.6. The van der Waals surface area contributed by atoms with Crippen molar-refractivity contribution in [3.05, 3.63) is 36.0 Å². The van der Waals surface area contributed by atoms with Crippen molar-refractivity contribution in [2.45, 2.75) is 25.8 Å². The molecular weight excluding hydrogens is 224 g/mol. The lowest BCUT2D eigenvalue weighted by molar-refractivity contribution is -0.121. The van der Waals surface area contributed by atoms with Gasteiger partial charge in [0.2, 0.25) is 0 Å². The predicted octanol–water partition coefficient (Wildman–Crippen LogP) is 2.89. The van der Waals surface area contributed by atoms with Gasteiger partial charge in [-0.3, -0.25) is 9.69 Å². The number of aromatic nitrogens is 1. The first-order chi connectivity index (χ1) is 8.74. The number of hydrogen-bond acceptors (Lipinski definition) is 2. The van der Waals surface area contributed by atoms with Crippen molar-refractivity contribution in [1.82, 2.24) is 9.88 Å². The van der Waals surface area contributed by atoms with Gasteiger partial charge in [-0.2, -0.15) is 0 Å². The molecule has 0 aliphatic carbocycles. The topological polar surface area (TPSA) is 36.1 Å². The predicted molar refractivity (Wildman–Crippen MR) is 72.5 cm³/mol. The standard InChI is InChI=1S/C15H18N2O/c1-11(17-8-6-13(18)7-9-17)15-10-12-4-2-3-5-14(12)16-15/h2-5,10-11,16H,6-9H2,1H3. The number of para-hydroxylation sites is 1. The van der Waals surface area contributed by atoms with Crippen molar-refractivity contribution < 1.29 is 4.79 Å². The van der Waals surface area contributed by atoms with Crippen LogP contribution in [-0.2, 0) is 4.79 Å². The number of nitrogens with one attached hydrogen (secondary N) is 1. The van der Waals surface area contributed by atoms with Crippen molar-refractivity contribution in [2.24, 2.45) is 0 Å². The second-order valence-electron chi connectivity index (χ2n) is 5.06. The lowest BCUT2D eigenvalue weighted by Gasteiger charge is -2.31. The minimum atomic E-state index is 0.352. The summed E-state index contributed by atoms with van der Waals surface area (Å²) in [5.41, 5.74) is 2.43. The molecule has 1 aromatic carbocycles. The summed E-state index contributed by atoms with van der Waals surface area (Å²) in [6.45, 7) is 3.98. The number of aromatic amines is 1. The van der Waals surface area contributed by atoms with Crippen LogP contribution in [0.1, 0.15) is 31.5 Å². The number of H-pyrrole nitrogens is 1. The number of fused-ring (bicyclic) bond motifs is 1. The smallest absolute Gasteiger partial charge is 0.135 e. The Morgan fingerprint density at radius 2 is 1.94 bits per heavy atom. The van der Waals surface area contributed by atoms with Gasteiger partial charge in [-0.15, -0.1) is 0 Å². The SMILES string of the molecule is CC(c1cc2ccccc2[nH]1)N1CCC(=O)CC1. The second-order valence-corrected chi connectivity index (χ2v) is 5.06. The Kier molecular flexibility index (Phi) is 2.92. The number of hydrogen-bond donors (Lipinski definition) is 1. The van der Waals surface area contributed by atoms with Crippen molar-refractivity contribution in [2.75, 3.05) is 13.1 Å². The van der Waals surface area contributed by atoms with Gasteiger partial charge < -0.3 is 4.98 Å². The minimum Gasteiger partial charge on any atom is -0.357 e. The number of Topliss-reactive ketones (excluding diaryl/α,β-unsaturated/α-hetero) is 1. The Hall–Kier alpha value is -1.61. The molecule has 1 aromatic heterocycles. The summed E-state index contributed by atoms with van der Waals surface area (Å²) in [7, 11) is 0. The molecule has 0 bridgehead atoms. The summed E-state index contributed by atoms with van der Waals surface area (Å²) in [6, 6.07) is 10.9. The van der Waals surface area contributed by atoms with E-state index in [1.807, 2.05) is 6.07 Å². The summed E-state index contributed by atoms with van der Waals surface area (Å²) in [5, 5.41) is 1.26. The fraction of sp³-hybridized carbons (Fsp3) is 0.400. The van der Waals surface area contributed by atoms with Crippen LogP contribution >= 0.6 is 0 Å². The molecule has 3 rings (SSSR count). The van der Waals surface area contributed by atoms with Crippen LogP contribution in [0.5, 0.6) is 0 Å². The van der Waals surface area contributed by atoms with Gasteiger partial charge >= 0.3 is 0 Å². The van der Waals surface area contributed by atoms with E-state index in [1.54, 1.807) is 0 Å². The minimum absolute atomic E-state index is 0.352. The van der Waals surface area contributed by atoms with Crippen LogP contribution in [0.2, 0.25) is 0 Å². The third-order valence-electron chi connectivity index (χ3n) is 3.90. The molecule has 1 aliphatic rings. The highest BCUT2D eigenvalue weighted by Gasteiger charge is 2.22. The van der Waals surface area contributed by atoms with Crippen LogP contribution < -0.4 is 0 Å². The average molecular weight is 242 g/mol. The molecule has 0 amide bonds. The lowest BCUT2D eigenvalue weighted by Crippen LogP contribution is -2.35. The van der Waals surface area contributed by atoms with E-state index in [9.17, 15) is 4.79 Å². The Labute approximate surface area is 107 Å². The molecule has 1 fully saturated rings. The third kappa shape index (κ3) is 2.06. The number of nitrogens with zero attached hydrogens (tertiary/aromatic N) is 1. The normalized spacial score (nSPS) is 19.3. The zero-order valence-electron chi connectivity index (χ0n) is 10.6. The largest absolute Gasteiger partial charge is 0.357 e. The fourth-order valence-electron chi connectivity index (χ4n) is 2.68. The molecule has 1 atom stereocenters. The highest BCUT2D eigenvalue weighted by atomic mass is 16.1. The quantitative estimate of drug-likeness (QED) is 0.879. The van der Waals surface area contributed by atoms with Crippen LogP contribution in [0, 0.1) is 0 Å². The highest BCUT2D eigenvalue weighted by molar-refractivity contribution is 5.80. The number of rotatable bonds is 2. The van der Waals surface area contributed by atoms with Gasteiger partial charge in [-0.1, -0.05) is 18.2 Å². The van der Waals surface area contributed by atoms with Crippen molar-refractivity contribution >= 4 is 16.7 Å². The molecule has 0 saturated carbocycles. The third-order valence-corrected chi connectivity index (χ3v) is 3.90. The van der Waals surface area contributed by atoms with Gasteiger partial charge in [0.25, 0.3) is 0 Å². The van der Waals surface area contributed by atoms with Gasteiger partial charge in [0.05, 0.1) is 0 Å². The average Bonchev–Trinajstić information content (AvgIpc) is 2.82. The maximum absolute atomic E-state index is 11.3. The van der Waals surface area contributed by atoms with Crippen molar-refractivity contribution in [1.29, 1.82) is 0 Å². The Morgan fingerprint density at radius 3 is 2.67 bits per heavy atom. The molecular formula is C15H18N2O. The summed E-state index contributed by atoms with van der Waals surface area (Å²) < 4.78 is 0. The Bertz CT molecular complexity index is 530. The Balaban J connectivity index is 1.83. The van der Waals surface area contributed by atoms with E-state index in [2.05, 4.69) is 41.1 Å². The molecule has 3 heteroatoms. The number of carbonyl (C=O) groups is 1. The molecule has 1 aliphatic heterocycles. The fourth-order valence-corrected chi connectivity index (χ4v) is 2.68. The van der Waals surface area contributed by atoms with Gasteiger partial charge in [0, 0.05) is 43.2 Å². The van der Waals surface area contributed by atoms with Crippen LogP contribution in [-0.4, -0.2) is 28.8 Å². The van der Waals surface area contributed by atoms with Crippen LogP contribution in [0.15, 0.2) is 30.3 Å². The van der Waals surface area contributed by atoms with E-state index in [-0.39, 0.29) is 0 Å². The number of carbonyl (C=O) groups excluding carboxylic acids is 1. The number of piperidine rings is 1. The second kappa shape index (κ2) is 4.58. The summed E-state index contributed by atoms with van der Waals surface area (Å²) in [6.07, 6.45) is 1.40. The van der Waals surface area contributed by atoms with Gasteiger partial charge in [0.1, 0.15) is 5.78 Å². The first kappa shape index (κ1) is 11.5. The summed E-state index contributed by atoms with van der Waals surface area (Å²) in [5.74, 6) is 0.398. The van der Waals surface area contributed by atoms with Gasteiger partial charge in [-0.25, -0.2) is 0 Å². The van der Waals surface area contributed by atoms with E-state index < -0.39 is 0 Å². The van der Waals surface area contributed by atoms with E-state index in [4.69, 9.17) is 0 Å². The van der Waals surface area contributed by atoms with Gasteiger partial charge in [-0.05, 0) is 24.4 Å². The van der Waals surface area contributed by atoms with E-state index >= 15 is 0 Å². The number of ketones is 1. The maximum Gasteiger partial charge on any atom is 0.135 e. The van der Waals surface area contributed by atoms with E-state index in [1.165, 1.54) is 16.6 Å². The summed E-state index contributed by atoms with van der Waals surface area (Å²) >= 11 is 0. The first-order valence-corrected chi connectivity index (χ1v) is 6.57. The number of likely N-dealkylation sites (tertiary alicyclic amines) is 1. The first-order valence-electron chi connectivity index (χ1n) is 6.57. The molecule has 2 aromatic rings. The van der Waals surface area contributed by atoms with Crippen LogP contribution in [0.25, 0.3) is 10.9 Å². The van der Waals surface area contributed by atoms with Gasteiger partial charge in [0.15, 0.2) is 0 Å². The molecule has 18 heavy (non-hydrogen) atoms. The molecule has 0 spiro atoms. The highest BCUT2D eigenvalue weighted by Crippen LogP contribution is 2.25. The molecule has 1 unspecified atom stereocenters. The molecule has 1 N–H and O–H groups in total. The molecule has 0 radical (unpaired) electrons. The van der Waals surface area contributed by atoms with Crippen molar-refractivity contribution in [3.63, 3.8) is 0 Å². The molecule has 94 valence electrons.